The summed E-state index contributed by atoms with van der Waals surface area (Å²) in [5.41, 5.74) is 2.55. The van der Waals surface area contributed by atoms with E-state index in [2.05, 4.69) is 18.1 Å². The average Bonchev–Trinajstić information content (AvgIpc) is 3.08. The number of ether oxygens (including phenoxy) is 1. The second kappa shape index (κ2) is 4.33. The van der Waals surface area contributed by atoms with Crippen molar-refractivity contribution in [3.05, 3.63) is 29.5 Å². The van der Waals surface area contributed by atoms with Gasteiger partial charge >= 0.3 is 6.09 Å². The lowest BCUT2D eigenvalue weighted by Crippen LogP contribution is -2.27. The van der Waals surface area contributed by atoms with Gasteiger partial charge in [-0.05, 0) is 52.7 Å². The van der Waals surface area contributed by atoms with Crippen LogP contribution in [0.5, 0.6) is 0 Å². The van der Waals surface area contributed by atoms with Crippen molar-refractivity contribution < 1.29 is 9.53 Å². The molecule has 0 aliphatic heterocycles. The summed E-state index contributed by atoms with van der Waals surface area (Å²) >= 11 is 0. The number of aryl methyl sites for hydroxylation is 1. The number of rotatable bonds is 1. The molecule has 0 spiro atoms. The maximum Gasteiger partial charge on any atom is 0.435 e. The molecule has 0 unspecified atom stereocenters. The van der Waals surface area contributed by atoms with E-state index in [0.717, 1.165) is 29.4 Å². The van der Waals surface area contributed by atoms with Crippen molar-refractivity contribution in [2.24, 2.45) is 0 Å². The van der Waals surface area contributed by atoms with Crippen molar-refractivity contribution in [1.82, 2.24) is 9.78 Å². The normalized spacial score (nSPS) is 15.6. The Hall–Kier alpha value is -1.84. The molecule has 1 aromatic heterocycles. The van der Waals surface area contributed by atoms with Crippen LogP contribution in [-0.4, -0.2) is 21.5 Å². The van der Waals surface area contributed by atoms with Crippen LogP contribution >= 0.6 is 0 Å². The van der Waals surface area contributed by atoms with Crippen molar-refractivity contribution in [2.45, 2.75) is 52.1 Å². The third-order valence-electron chi connectivity index (χ3n) is 3.39. The monoisotopic (exact) mass is 272 g/mol. The second-order valence-electron chi connectivity index (χ2n) is 6.57. The number of aromatic nitrogens is 2. The van der Waals surface area contributed by atoms with Gasteiger partial charge in [0.25, 0.3) is 0 Å². The zero-order valence-electron chi connectivity index (χ0n) is 12.4. The van der Waals surface area contributed by atoms with Crippen LogP contribution in [0, 0.1) is 6.92 Å². The molecule has 1 aliphatic rings. The summed E-state index contributed by atoms with van der Waals surface area (Å²) in [5, 5.41) is 5.60. The zero-order chi connectivity index (χ0) is 14.5. The van der Waals surface area contributed by atoms with Crippen LogP contribution in [0.1, 0.15) is 50.8 Å². The largest absolute Gasteiger partial charge is 0.442 e. The Morgan fingerprint density at radius 3 is 2.65 bits per heavy atom. The Balaban J connectivity index is 2.09. The van der Waals surface area contributed by atoms with Crippen LogP contribution < -0.4 is 0 Å². The van der Waals surface area contributed by atoms with E-state index < -0.39 is 11.7 Å². The number of benzene rings is 1. The quantitative estimate of drug-likeness (QED) is 0.788. The highest BCUT2D eigenvalue weighted by atomic mass is 16.6. The molecule has 0 saturated heterocycles. The molecule has 1 saturated carbocycles. The highest BCUT2D eigenvalue weighted by Gasteiger charge is 2.31. The summed E-state index contributed by atoms with van der Waals surface area (Å²) < 4.78 is 6.85. The Kier molecular flexibility index (Phi) is 2.85. The smallest absolute Gasteiger partial charge is 0.435 e. The third-order valence-corrected chi connectivity index (χ3v) is 3.39. The number of hydrogen-bond acceptors (Lipinski definition) is 3. The predicted octanol–water partition coefficient (Wildman–Crippen LogP) is 4.01. The van der Waals surface area contributed by atoms with Crippen LogP contribution in [0.25, 0.3) is 10.9 Å². The summed E-state index contributed by atoms with van der Waals surface area (Å²) in [5.74, 6) is 0.503. The number of fused-ring (bicyclic) bond motifs is 1. The minimum atomic E-state index is -0.514. The topological polar surface area (TPSA) is 44.1 Å². The first kappa shape index (κ1) is 13.2. The van der Waals surface area contributed by atoms with Crippen molar-refractivity contribution in [3.63, 3.8) is 0 Å². The number of carbonyl (C=O) groups is 1. The molecular formula is C16H20N2O2. The van der Waals surface area contributed by atoms with Crippen LogP contribution in [0.3, 0.4) is 0 Å². The van der Waals surface area contributed by atoms with Crippen molar-refractivity contribution >= 4 is 17.0 Å². The Morgan fingerprint density at radius 2 is 2.05 bits per heavy atom. The van der Waals surface area contributed by atoms with Crippen LogP contribution in [-0.2, 0) is 4.74 Å². The van der Waals surface area contributed by atoms with Gasteiger partial charge in [-0.1, -0.05) is 11.6 Å². The molecule has 0 N–H and O–H groups in total. The maximum atomic E-state index is 12.3. The van der Waals surface area contributed by atoms with E-state index in [1.165, 1.54) is 10.2 Å². The molecule has 20 heavy (non-hydrogen) atoms. The zero-order valence-corrected chi connectivity index (χ0v) is 12.4. The number of nitrogens with zero attached hydrogens (tertiary/aromatic N) is 2. The van der Waals surface area contributed by atoms with E-state index in [1.807, 2.05) is 32.9 Å². The first-order valence-electron chi connectivity index (χ1n) is 7.08. The van der Waals surface area contributed by atoms with Gasteiger partial charge < -0.3 is 4.74 Å². The van der Waals surface area contributed by atoms with Gasteiger partial charge in [0.1, 0.15) is 5.60 Å². The van der Waals surface area contributed by atoms with Crippen LogP contribution in [0.2, 0.25) is 0 Å². The fourth-order valence-corrected chi connectivity index (χ4v) is 2.36. The second-order valence-corrected chi connectivity index (χ2v) is 6.57. The molecular weight excluding hydrogens is 252 g/mol. The van der Waals surface area contributed by atoms with E-state index in [4.69, 9.17) is 4.74 Å². The van der Waals surface area contributed by atoms with E-state index in [9.17, 15) is 4.79 Å². The van der Waals surface area contributed by atoms with Gasteiger partial charge in [0.2, 0.25) is 0 Å². The van der Waals surface area contributed by atoms with Crippen molar-refractivity contribution in [3.8, 4) is 0 Å². The molecule has 1 aliphatic carbocycles. The molecule has 3 rings (SSSR count). The molecule has 4 heteroatoms. The van der Waals surface area contributed by atoms with Gasteiger partial charge in [-0.3, -0.25) is 0 Å². The first-order chi connectivity index (χ1) is 9.35. The van der Waals surface area contributed by atoms with Crippen LogP contribution in [0.4, 0.5) is 4.79 Å². The molecule has 1 fully saturated rings. The lowest BCUT2D eigenvalue weighted by Gasteiger charge is -2.19. The highest BCUT2D eigenvalue weighted by molar-refractivity contribution is 5.90. The summed E-state index contributed by atoms with van der Waals surface area (Å²) in [6.45, 7) is 7.65. The van der Waals surface area contributed by atoms with Gasteiger partial charge in [-0.2, -0.15) is 9.78 Å². The molecule has 0 bridgehead atoms. The van der Waals surface area contributed by atoms with Gasteiger partial charge in [0, 0.05) is 11.3 Å². The summed E-state index contributed by atoms with van der Waals surface area (Å²) in [6.07, 6.45) is 1.92. The average molecular weight is 272 g/mol. The Labute approximate surface area is 118 Å². The minimum Gasteiger partial charge on any atom is -0.442 e. The molecule has 1 aromatic carbocycles. The SMILES string of the molecule is Cc1ccc2c(c1)c(C1CC1)nn2C(=O)OC(C)(C)C. The van der Waals surface area contributed by atoms with Gasteiger partial charge in [-0.25, -0.2) is 4.79 Å². The fourth-order valence-electron chi connectivity index (χ4n) is 2.36. The standard InChI is InChI=1S/C16H20N2O2/c1-10-5-8-13-12(9-10)14(11-6-7-11)17-18(13)15(19)20-16(2,3)4/h5,8-9,11H,6-7H2,1-4H3. The van der Waals surface area contributed by atoms with Gasteiger partial charge in [-0.15, -0.1) is 0 Å². The Bertz CT molecular complexity index is 676. The molecule has 2 aromatic rings. The summed E-state index contributed by atoms with van der Waals surface area (Å²) in [6, 6.07) is 6.06. The molecule has 0 atom stereocenters. The highest BCUT2D eigenvalue weighted by Crippen LogP contribution is 2.42. The van der Waals surface area contributed by atoms with Gasteiger partial charge in [0.15, 0.2) is 0 Å². The first-order valence-corrected chi connectivity index (χ1v) is 7.08. The summed E-state index contributed by atoms with van der Waals surface area (Å²) in [4.78, 5) is 12.3. The van der Waals surface area contributed by atoms with E-state index >= 15 is 0 Å². The molecule has 1 heterocycles. The fraction of sp³-hybridized carbons (Fsp3) is 0.500. The predicted molar refractivity (Wildman–Crippen MR) is 78.1 cm³/mol. The van der Waals surface area contributed by atoms with Crippen molar-refractivity contribution in [2.75, 3.05) is 0 Å². The van der Waals surface area contributed by atoms with E-state index in [1.54, 1.807) is 0 Å². The Morgan fingerprint density at radius 1 is 1.35 bits per heavy atom. The lowest BCUT2D eigenvalue weighted by atomic mass is 10.1. The lowest BCUT2D eigenvalue weighted by molar-refractivity contribution is 0.0522. The van der Waals surface area contributed by atoms with E-state index in [0.29, 0.717) is 5.92 Å². The summed E-state index contributed by atoms with van der Waals surface area (Å²) in [7, 11) is 0. The van der Waals surface area contributed by atoms with E-state index in [-0.39, 0.29) is 0 Å². The third kappa shape index (κ3) is 2.42. The molecule has 106 valence electrons. The maximum absolute atomic E-state index is 12.3. The number of hydrogen-bond donors (Lipinski definition) is 0. The van der Waals surface area contributed by atoms with Crippen LogP contribution in [0.15, 0.2) is 18.2 Å². The molecule has 0 radical (unpaired) electrons. The molecule has 0 amide bonds. The van der Waals surface area contributed by atoms with Crippen molar-refractivity contribution in [1.29, 1.82) is 0 Å². The number of carbonyl (C=O) groups excluding carboxylic acids is 1. The minimum absolute atomic E-state index is 0.404. The van der Waals surface area contributed by atoms with Gasteiger partial charge in [0.05, 0.1) is 11.2 Å². The molecule has 4 nitrogen and oxygen atoms in total.